The van der Waals surface area contributed by atoms with Crippen molar-refractivity contribution >= 4 is 27.6 Å². The van der Waals surface area contributed by atoms with E-state index in [0.717, 1.165) is 24.8 Å². The standard InChI is InChI=1S/C21H22ClNO6S/c22-18-10-16-12-27-14-29-20(16)17(11-18)13-28-21(24)15-4-6-19(7-5-15)30(25,26)23-8-2-1-3-9-23/h4-7,10-11H,1-3,8-9,12-14H2. The lowest BCUT2D eigenvalue weighted by atomic mass is 10.1. The van der Waals surface area contributed by atoms with E-state index in [-0.39, 0.29) is 23.9 Å². The maximum Gasteiger partial charge on any atom is 0.338 e. The van der Waals surface area contributed by atoms with Crippen molar-refractivity contribution in [3.8, 4) is 5.75 Å². The molecule has 160 valence electrons. The number of hydrogen-bond donors (Lipinski definition) is 0. The van der Waals surface area contributed by atoms with Crippen molar-refractivity contribution in [3.63, 3.8) is 0 Å². The van der Waals surface area contributed by atoms with Gasteiger partial charge in [0, 0.05) is 29.2 Å². The molecule has 2 aliphatic heterocycles. The zero-order chi connectivity index (χ0) is 21.1. The molecule has 30 heavy (non-hydrogen) atoms. The van der Waals surface area contributed by atoms with Gasteiger partial charge in [-0.2, -0.15) is 4.31 Å². The van der Waals surface area contributed by atoms with Gasteiger partial charge in [0.05, 0.1) is 17.1 Å². The average molecular weight is 452 g/mol. The number of carbonyl (C=O) groups excluding carboxylic acids is 1. The molecule has 4 rings (SSSR count). The largest absolute Gasteiger partial charge is 0.467 e. The summed E-state index contributed by atoms with van der Waals surface area (Å²) in [5.74, 6) is 0.0547. The first-order chi connectivity index (χ1) is 14.4. The molecular formula is C21H22ClNO6S. The fourth-order valence-corrected chi connectivity index (χ4v) is 5.39. The van der Waals surface area contributed by atoms with Crippen molar-refractivity contribution in [1.29, 1.82) is 0 Å². The van der Waals surface area contributed by atoms with Crippen LogP contribution in [0.4, 0.5) is 0 Å². The molecule has 0 bridgehead atoms. The number of sulfonamides is 1. The fourth-order valence-electron chi connectivity index (χ4n) is 3.61. The van der Waals surface area contributed by atoms with Crippen LogP contribution in [-0.4, -0.2) is 38.6 Å². The molecule has 0 amide bonds. The van der Waals surface area contributed by atoms with Crippen LogP contribution in [-0.2, 0) is 32.7 Å². The first-order valence-corrected chi connectivity index (χ1v) is 11.6. The molecule has 0 N–H and O–H groups in total. The molecule has 0 aliphatic carbocycles. The van der Waals surface area contributed by atoms with Gasteiger partial charge in [-0.25, -0.2) is 13.2 Å². The molecule has 0 radical (unpaired) electrons. The van der Waals surface area contributed by atoms with Crippen molar-refractivity contribution in [2.45, 2.75) is 37.4 Å². The summed E-state index contributed by atoms with van der Waals surface area (Å²) in [5, 5.41) is 0.501. The van der Waals surface area contributed by atoms with Gasteiger partial charge in [0.1, 0.15) is 12.4 Å². The molecular weight excluding hydrogens is 430 g/mol. The van der Waals surface area contributed by atoms with E-state index in [0.29, 0.717) is 36.0 Å². The SMILES string of the molecule is O=C(OCc1cc(Cl)cc2c1OCOC2)c1ccc(S(=O)(=O)N2CCCCC2)cc1. The number of ether oxygens (including phenoxy) is 3. The van der Waals surface area contributed by atoms with Gasteiger partial charge in [0.25, 0.3) is 0 Å². The lowest BCUT2D eigenvalue weighted by Crippen LogP contribution is -2.35. The molecule has 7 nitrogen and oxygen atoms in total. The first kappa shape index (κ1) is 21.1. The minimum atomic E-state index is -3.54. The van der Waals surface area contributed by atoms with Gasteiger partial charge < -0.3 is 14.2 Å². The highest BCUT2D eigenvalue weighted by molar-refractivity contribution is 7.89. The van der Waals surface area contributed by atoms with Crippen LogP contribution in [0.2, 0.25) is 5.02 Å². The number of hydrogen-bond acceptors (Lipinski definition) is 6. The van der Waals surface area contributed by atoms with Crippen LogP contribution in [0.1, 0.15) is 40.7 Å². The second-order valence-electron chi connectivity index (χ2n) is 7.23. The van der Waals surface area contributed by atoms with Gasteiger partial charge in [-0.05, 0) is 49.2 Å². The normalized spacial score (nSPS) is 17.1. The van der Waals surface area contributed by atoms with E-state index in [2.05, 4.69) is 0 Å². The summed E-state index contributed by atoms with van der Waals surface area (Å²) in [7, 11) is -3.54. The van der Waals surface area contributed by atoms with Crippen molar-refractivity contribution in [1.82, 2.24) is 4.31 Å². The van der Waals surface area contributed by atoms with E-state index in [1.807, 2.05) is 0 Å². The molecule has 0 aromatic heterocycles. The Morgan fingerprint density at radius 3 is 2.57 bits per heavy atom. The van der Waals surface area contributed by atoms with Crippen LogP contribution in [0.15, 0.2) is 41.3 Å². The van der Waals surface area contributed by atoms with Crippen molar-refractivity contribution in [2.75, 3.05) is 19.9 Å². The minimum Gasteiger partial charge on any atom is -0.467 e. The van der Waals surface area contributed by atoms with E-state index < -0.39 is 16.0 Å². The van der Waals surface area contributed by atoms with Gasteiger partial charge in [-0.15, -0.1) is 0 Å². The molecule has 1 saturated heterocycles. The number of rotatable bonds is 5. The third kappa shape index (κ3) is 4.46. The fraction of sp³-hybridized carbons (Fsp3) is 0.381. The number of nitrogens with zero attached hydrogens (tertiary/aromatic N) is 1. The zero-order valence-corrected chi connectivity index (χ0v) is 17.9. The molecule has 0 saturated carbocycles. The van der Waals surface area contributed by atoms with Gasteiger partial charge in [-0.3, -0.25) is 0 Å². The van der Waals surface area contributed by atoms with Gasteiger partial charge in [-0.1, -0.05) is 18.0 Å². The Balaban J connectivity index is 1.44. The minimum absolute atomic E-state index is 0.0183. The van der Waals surface area contributed by atoms with Crippen LogP contribution in [0.3, 0.4) is 0 Å². The summed E-state index contributed by atoms with van der Waals surface area (Å²) < 4.78 is 43.1. The summed E-state index contributed by atoms with van der Waals surface area (Å²) >= 11 is 6.13. The quantitative estimate of drug-likeness (QED) is 0.644. The van der Waals surface area contributed by atoms with Gasteiger partial charge in [0.2, 0.25) is 10.0 Å². The Labute approximate surface area is 180 Å². The number of esters is 1. The highest BCUT2D eigenvalue weighted by Crippen LogP contribution is 2.32. The molecule has 2 heterocycles. The summed E-state index contributed by atoms with van der Waals surface area (Å²) in [5.41, 5.74) is 1.72. The number of halogens is 1. The maximum absolute atomic E-state index is 12.7. The molecule has 2 aromatic rings. The molecule has 0 unspecified atom stereocenters. The lowest BCUT2D eigenvalue weighted by molar-refractivity contribution is -0.0180. The Hall–Kier alpha value is -2.13. The Morgan fingerprint density at radius 1 is 1.10 bits per heavy atom. The molecule has 0 atom stereocenters. The third-order valence-corrected chi connectivity index (χ3v) is 7.28. The van der Waals surface area contributed by atoms with E-state index in [9.17, 15) is 13.2 Å². The maximum atomic E-state index is 12.7. The monoisotopic (exact) mass is 451 g/mol. The zero-order valence-electron chi connectivity index (χ0n) is 16.3. The average Bonchev–Trinajstić information content (AvgIpc) is 2.77. The molecule has 9 heteroatoms. The van der Waals surface area contributed by atoms with E-state index >= 15 is 0 Å². The third-order valence-electron chi connectivity index (χ3n) is 5.15. The smallest absolute Gasteiger partial charge is 0.338 e. The van der Waals surface area contributed by atoms with E-state index in [1.165, 1.54) is 28.6 Å². The van der Waals surface area contributed by atoms with E-state index in [1.54, 1.807) is 12.1 Å². The molecule has 1 fully saturated rings. The van der Waals surface area contributed by atoms with Gasteiger partial charge in [0.15, 0.2) is 6.79 Å². The second-order valence-corrected chi connectivity index (χ2v) is 9.60. The predicted molar refractivity (Wildman–Crippen MR) is 110 cm³/mol. The summed E-state index contributed by atoms with van der Waals surface area (Å²) in [4.78, 5) is 12.6. The Kier molecular flexibility index (Phi) is 6.29. The number of fused-ring (bicyclic) bond motifs is 1. The summed E-state index contributed by atoms with van der Waals surface area (Å²) in [6.07, 6.45) is 2.78. The molecule has 0 spiro atoms. The number of benzene rings is 2. The summed E-state index contributed by atoms with van der Waals surface area (Å²) in [6, 6.07) is 9.27. The van der Waals surface area contributed by atoms with Crippen LogP contribution < -0.4 is 4.74 Å². The topological polar surface area (TPSA) is 82.1 Å². The van der Waals surface area contributed by atoms with Crippen molar-refractivity contribution < 1.29 is 27.4 Å². The van der Waals surface area contributed by atoms with Crippen LogP contribution in [0, 0.1) is 0 Å². The lowest BCUT2D eigenvalue weighted by Gasteiger charge is -2.25. The van der Waals surface area contributed by atoms with Gasteiger partial charge >= 0.3 is 5.97 Å². The Bertz CT molecular complexity index is 1030. The number of piperidine rings is 1. The van der Waals surface area contributed by atoms with E-state index in [4.69, 9.17) is 25.8 Å². The highest BCUT2D eigenvalue weighted by atomic mass is 35.5. The second kappa shape index (κ2) is 8.93. The summed E-state index contributed by atoms with van der Waals surface area (Å²) in [6.45, 7) is 1.55. The Morgan fingerprint density at radius 2 is 1.83 bits per heavy atom. The molecule has 2 aromatic carbocycles. The predicted octanol–water partition coefficient (Wildman–Crippen LogP) is 3.74. The van der Waals surface area contributed by atoms with Crippen LogP contribution in [0.5, 0.6) is 5.75 Å². The first-order valence-electron chi connectivity index (χ1n) is 9.74. The highest BCUT2D eigenvalue weighted by Gasteiger charge is 2.26. The van der Waals surface area contributed by atoms with Crippen LogP contribution in [0.25, 0.3) is 0 Å². The molecule has 2 aliphatic rings. The van der Waals surface area contributed by atoms with Crippen molar-refractivity contribution in [3.05, 3.63) is 58.1 Å². The van der Waals surface area contributed by atoms with Crippen molar-refractivity contribution in [2.24, 2.45) is 0 Å². The number of carbonyl (C=O) groups is 1. The van der Waals surface area contributed by atoms with Crippen LogP contribution >= 0.6 is 11.6 Å².